The van der Waals surface area contributed by atoms with Crippen molar-refractivity contribution in [3.63, 3.8) is 0 Å². The van der Waals surface area contributed by atoms with E-state index in [9.17, 15) is 22.8 Å². The average molecular weight is 625 g/mol. The van der Waals surface area contributed by atoms with Crippen LogP contribution in [0.2, 0.25) is 5.02 Å². The molecule has 10 nitrogen and oxygen atoms in total. The molecular formula is C30H28ClF3N8O2. The summed E-state index contributed by atoms with van der Waals surface area (Å²) in [5.74, 6) is -0.615. The number of amides is 2. The summed E-state index contributed by atoms with van der Waals surface area (Å²) >= 11 is 6.28. The van der Waals surface area contributed by atoms with Gasteiger partial charge in [-0.1, -0.05) is 30.2 Å². The maximum absolute atomic E-state index is 13.8. The summed E-state index contributed by atoms with van der Waals surface area (Å²) in [6.07, 6.45) is 3.26. The van der Waals surface area contributed by atoms with Crippen LogP contribution in [0.5, 0.6) is 0 Å². The molecule has 44 heavy (non-hydrogen) atoms. The topological polar surface area (TPSA) is 111 Å². The summed E-state index contributed by atoms with van der Waals surface area (Å²) in [4.78, 5) is 33.1. The highest BCUT2D eigenvalue weighted by Crippen LogP contribution is 2.37. The molecule has 0 saturated carbocycles. The molecule has 0 fully saturated rings. The number of aromatic nitrogens is 6. The van der Waals surface area contributed by atoms with Crippen molar-refractivity contribution in [1.29, 1.82) is 0 Å². The third-order valence-corrected chi connectivity index (χ3v) is 8.30. The van der Waals surface area contributed by atoms with E-state index < -0.39 is 11.9 Å². The van der Waals surface area contributed by atoms with Crippen LogP contribution >= 0.6 is 11.6 Å². The van der Waals surface area contributed by atoms with E-state index in [1.54, 1.807) is 47.2 Å². The number of halogens is 4. The molecule has 3 aromatic heterocycles. The van der Waals surface area contributed by atoms with Gasteiger partial charge in [-0.15, -0.1) is 5.10 Å². The average Bonchev–Trinajstić information content (AvgIpc) is 3.62. The number of fused-ring (bicyclic) bond motifs is 4. The smallest absolute Gasteiger partial charge is 0.330 e. The highest BCUT2D eigenvalue weighted by molar-refractivity contribution is 6.30. The van der Waals surface area contributed by atoms with Crippen LogP contribution in [-0.2, 0) is 22.8 Å². The van der Waals surface area contributed by atoms with Gasteiger partial charge in [0.1, 0.15) is 0 Å². The fourth-order valence-electron chi connectivity index (χ4n) is 5.77. The van der Waals surface area contributed by atoms with Gasteiger partial charge < -0.3 is 10.2 Å². The second-order valence-electron chi connectivity index (χ2n) is 11.0. The number of aryl methyl sites for hydroxylation is 1. The van der Waals surface area contributed by atoms with Gasteiger partial charge in [-0.2, -0.15) is 18.3 Å². The third-order valence-electron chi connectivity index (χ3n) is 8.07. The summed E-state index contributed by atoms with van der Waals surface area (Å²) in [6, 6.07) is 8.11. The largest absolute Gasteiger partial charge is 0.436 e. The van der Waals surface area contributed by atoms with Gasteiger partial charge in [0.2, 0.25) is 11.8 Å². The number of nitrogens with zero attached hydrogens (tertiary/aromatic N) is 7. The quantitative estimate of drug-likeness (QED) is 0.306. The Morgan fingerprint density at radius 2 is 1.93 bits per heavy atom. The summed E-state index contributed by atoms with van der Waals surface area (Å²) in [5, 5.41) is 14.6. The molecule has 2 unspecified atom stereocenters. The van der Waals surface area contributed by atoms with Gasteiger partial charge >= 0.3 is 6.18 Å². The molecule has 0 spiro atoms. The lowest BCUT2D eigenvalue weighted by atomic mass is 9.93. The Morgan fingerprint density at radius 3 is 2.68 bits per heavy atom. The Balaban J connectivity index is 1.35. The fraction of sp³-hybridized carbons (Fsp3) is 0.333. The Labute approximate surface area is 255 Å². The number of hydrogen-bond acceptors (Lipinski definition) is 6. The van der Waals surface area contributed by atoms with Crippen LogP contribution in [0.1, 0.15) is 55.6 Å². The van der Waals surface area contributed by atoms with Crippen molar-refractivity contribution < 1.29 is 22.8 Å². The molecule has 2 aliphatic rings. The number of rotatable bonds is 3. The summed E-state index contributed by atoms with van der Waals surface area (Å²) < 4.78 is 42.4. The monoisotopic (exact) mass is 624 g/mol. The lowest BCUT2D eigenvalue weighted by Gasteiger charge is -2.34. The minimum atomic E-state index is -4.65. The predicted molar refractivity (Wildman–Crippen MR) is 157 cm³/mol. The zero-order chi connectivity index (χ0) is 31.2. The maximum Gasteiger partial charge on any atom is 0.436 e. The van der Waals surface area contributed by atoms with E-state index in [0.717, 1.165) is 22.1 Å². The summed E-state index contributed by atoms with van der Waals surface area (Å²) in [7, 11) is 1.80. The number of carbonyl (C=O) groups is 2. The molecule has 2 amide bonds. The minimum absolute atomic E-state index is 0.0978. The third kappa shape index (κ3) is 5.71. The number of carbonyl (C=O) groups excluding carboxylic acids is 2. The number of benzene rings is 1. The molecule has 14 heteroatoms. The maximum atomic E-state index is 13.8. The normalized spacial score (nSPS) is 19.5. The molecule has 6 rings (SSSR count). The first-order valence-electron chi connectivity index (χ1n) is 14.1. The van der Waals surface area contributed by atoms with Gasteiger partial charge in [-0.3, -0.25) is 19.3 Å². The van der Waals surface area contributed by atoms with Crippen molar-refractivity contribution in [3.05, 3.63) is 77.0 Å². The molecule has 1 N–H and O–H groups in total. The molecule has 5 heterocycles. The molecular weight excluding hydrogens is 597 g/mol. The number of hydrogen-bond donors (Lipinski definition) is 1. The van der Waals surface area contributed by atoms with Crippen LogP contribution in [0.4, 0.5) is 18.9 Å². The Hall–Kier alpha value is -4.52. The second-order valence-corrected chi connectivity index (χ2v) is 11.4. The van der Waals surface area contributed by atoms with Gasteiger partial charge in [-0.25, -0.2) is 4.68 Å². The van der Waals surface area contributed by atoms with Crippen LogP contribution in [0.25, 0.3) is 22.5 Å². The molecule has 0 radical (unpaired) electrons. The summed E-state index contributed by atoms with van der Waals surface area (Å²) in [5.41, 5.74) is 3.16. The first-order chi connectivity index (χ1) is 21.0. The molecule has 1 aromatic carbocycles. The van der Waals surface area contributed by atoms with Crippen molar-refractivity contribution in [2.24, 2.45) is 13.0 Å². The van der Waals surface area contributed by atoms with Crippen molar-refractivity contribution in [1.82, 2.24) is 34.7 Å². The lowest BCUT2D eigenvalue weighted by molar-refractivity contribution is -0.141. The van der Waals surface area contributed by atoms with E-state index in [0.29, 0.717) is 65.5 Å². The Bertz CT molecular complexity index is 1780. The van der Waals surface area contributed by atoms with E-state index in [-0.39, 0.29) is 23.8 Å². The van der Waals surface area contributed by atoms with Gasteiger partial charge in [0.25, 0.3) is 0 Å². The zero-order valence-corrected chi connectivity index (χ0v) is 24.6. The predicted octanol–water partition coefficient (Wildman–Crippen LogP) is 5.85. The van der Waals surface area contributed by atoms with Gasteiger partial charge in [0, 0.05) is 47.9 Å². The van der Waals surface area contributed by atoms with Crippen LogP contribution in [0.15, 0.2) is 55.0 Å². The number of nitrogens with one attached hydrogen (secondary N) is 1. The van der Waals surface area contributed by atoms with Crippen molar-refractivity contribution in [3.8, 4) is 16.9 Å². The van der Waals surface area contributed by atoms with Gasteiger partial charge in [0.15, 0.2) is 5.69 Å². The first kappa shape index (κ1) is 29.5. The van der Waals surface area contributed by atoms with E-state index in [1.807, 2.05) is 19.1 Å². The molecule has 228 valence electrons. The van der Waals surface area contributed by atoms with E-state index in [2.05, 4.69) is 25.7 Å². The lowest BCUT2D eigenvalue weighted by Crippen LogP contribution is -2.38. The Kier molecular flexibility index (Phi) is 7.74. The number of alkyl halides is 3. The van der Waals surface area contributed by atoms with E-state index in [4.69, 9.17) is 11.6 Å². The SMILES string of the molecule is CC1CCCC(N2CCC(c3cc(Cl)ccc3-n3cc(C(F)(F)F)nn3)=CC2=O)c2cc(ccn2)-c2c(cnn2C)NC1=O. The van der Waals surface area contributed by atoms with Crippen LogP contribution < -0.4 is 5.32 Å². The molecule has 0 saturated heterocycles. The van der Waals surface area contributed by atoms with Crippen LogP contribution in [0, 0.1) is 5.92 Å². The van der Waals surface area contributed by atoms with Crippen LogP contribution in [-0.4, -0.2) is 53.0 Å². The minimum Gasteiger partial charge on any atom is -0.330 e. The Morgan fingerprint density at radius 1 is 1.11 bits per heavy atom. The fourth-order valence-corrected chi connectivity index (χ4v) is 5.94. The molecule has 0 aliphatic carbocycles. The molecule has 2 aliphatic heterocycles. The van der Waals surface area contributed by atoms with E-state index in [1.165, 1.54) is 6.08 Å². The van der Waals surface area contributed by atoms with Crippen LogP contribution in [0.3, 0.4) is 0 Å². The second kappa shape index (κ2) is 11.5. The van der Waals surface area contributed by atoms with Crippen molar-refractivity contribution in [2.45, 2.75) is 44.8 Å². The highest BCUT2D eigenvalue weighted by atomic mass is 35.5. The van der Waals surface area contributed by atoms with E-state index >= 15 is 0 Å². The van der Waals surface area contributed by atoms with Gasteiger partial charge in [0.05, 0.1) is 41.2 Å². The molecule has 2 bridgehead atoms. The molecule has 4 aromatic rings. The van der Waals surface area contributed by atoms with Gasteiger partial charge in [-0.05, 0) is 55.2 Å². The standard InChI is InChI=1S/C30H28ClF3N8O2/c1-17-4-3-5-25(22-12-19(8-10-35-22)28-23(37-29(17)44)15-36-40(28)2)41-11-9-18(13-27(41)43)21-14-20(31)6-7-24(21)42-16-26(38-39-42)30(32,33)34/h6-8,10,12-17,25H,3-5,9,11H2,1-2H3,(H,37,44). The highest BCUT2D eigenvalue weighted by Gasteiger charge is 2.35. The van der Waals surface area contributed by atoms with Crippen molar-refractivity contribution >= 4 is 34.7 Å². The zero-order valence-electron chi connectivity index (χ0n) is 23.8. The summed E-state index contributed by atoms with van der Waals surface area (Å²) in [6.45, 7) is 2.21. The first-order valence-corrected chi connectivity index (χ1v) is 14.5. The number of pyridine rings is 1. The number of anilines is 1. The van der Waals surface area contributed by atoms with Crippen molar-refractivity contribution in [2.75, 3.05) is 11.9 Å². The molecule has 2 atom stereocenters.